The number of fused-ring (bicyclic) bond motifs is 1. The van der Waals surface area contributed by atoms with Gasteiger partial charge in [0.2, 0.25) is 0 Å². The maximum absolute atomic E-state index is 13.2. The van der Waals surface area contributed by atoms with Crippen molar-refractivity contribution in [2.75, 3.05) is 48.8 Å². The molecule has 0 spiro atoms. The van der Waals surface area contributed by atoms with Gasteiger partial charge in [0, 0.05) is 55.9 Å². The number of carbonyl (C=O) groups excluding carboxylic acids is 1. The summed E-state index contributed by atoms with van der Waals surface area (Å²) in [6.45, 7) is 5.19. The number of nitrogens with zero attached hydrogens (tertiary/aromatic N) is 4. The molecular weight excluding hydrogens is 548 g/mol. The van der Waals surface area contributed by atoms with E-state index in [2.05, 4.69) is 69.0 Å². The van der Waals surface area contributed by atoms with E-state index in [4.69, 9.17) is 9.72 Å². The first-order valence-corrected chi connectivity index (χ1v) is 14.7. The zero-order valence-corrected chi connectivity index (χ0v) is 24.7. The van der Waals surface area contributed by atoms with Crippen molar-refractivity contribution < 1.29 is 9.53 Å². The van der Waals surface area contributed by atoms with Crippen molar-refractivity contribution >= 4 is 34.0 Å². The van der Waals surface area contributed by atoms with Gasteiger partial charge in [0.15, 0.2) is 5.82 Å². The highest BCUT2D eigenvalue weighted by Gasteiger charge is 2.21. The number of ether oxygens (including phenoxy) is 1. The van der Waals surface area contributed by atoms with Gasteiger partial charge in [-0.15, -0.1) is 0 Å². The molecule has 8 nitrogen and oxygen atoms in total. The predicted octanol–water partition coefficient (Wildman–Crippen LogP) is 6.30. The van der Waals surface area contributed by atoms with E-state index >= 15 is 0 Å². The topological polar surface area (TPSA) is 93.5 Å². The Kier molecular flexibility index (Phi) is 8.67. The summed E-state index contributed by atoms with van der Waals surface area (Å²) in [5.41, 5.74) is 5.56. The van der Waals surface area contributed by atoms with Crippen LogP contribution in [0.25, 0.3) is 10.9 Å². The Morgan fingerprint density at radius 2 is 1.57 bits per heavy atom. The average Bonchev–Trinajstić information content (AvgIpc) is 3.08. The molecule has 1 saturated heterocycles. The minimum Gasteiger partial charge on any atom is -0.497 e. The van der Waals surface area contributed by atoms with E-state index in [1.807, 2.05) is 36.4 Å². The molecule has 0 unspecified atom stereocenters. The normalized spacial score (nSPS) is 13.3. The number of nitriles is 1. The van der Waals surface area contributed by atoms with Gasteiger partial charge in [-0.05, 0) is 53.6 Å². The smallest absolute Gasteiger partial charge is 0.256 e. The van der Waals surface area contributed by atoms with Gasteiger partial charge in [-0.3, -0.25) is 9.69 Å². The number of piperazine rings is 1. The summed E-state index contributed by atoms with van der Waals surface area (Å²) in [6.07, 6.45) is 0. The monoisotopic (exact) mass is 582 g/mol. The van der Waals surface area contributed by atoms with Gasteiger partial charge in [-0.25, -0.2) is 4.98 Å². The lowest BCUT2D eigenvalue weighted by molar-refractivity contribution is 0.102. The first-order valence-electron chi connectivity index (χ1n) is 14.7. The van der Waals surface area contributed by atoms with Gasteiger partial charge in [-0.1, -0.05) is 60.7 Å². The zero-order chi connectivity index (χ0) is 30.3. The van der Waals surface area contributed by atoms with E-state index in [0.717, 1.165) is 49.4 Å². The Bertz CT molecular complexity index is 1780. The molecule has 1 fully saturated rings. The van der Waals surface area contributed by atoms with Crippen molar-refractivity contribution in [2.45, 2.75) is 13.1 Å². The van der Waals surface area contributed by atoms with Crippen LogP contribution in [-0.2, 0) is 13.1 Å². The van der Waals surface area contributed by atoms with Gasteiger partial charge in [0.1, 0.15) is 17.4 Å². The first kappa shape index (κ1) is 28.7. The van der Waals surface area contributed by atoms with Gasteiger partial charge in [0.05, 0.1) is 18.3 Å². The van der Waals surface area contributed by atoms with Crippen molar-refractivity contribution in [2.24, 2.45) is 0 Å². The number of rotatable bonds is 9. The van der Waals surface area contributed by atoms with Crippen LogP contribution in [0, 0.1) is 11.3 Å². The minimum atomic E-state index is -0.352. The molecule has 0 saturated carbocycles. The van der Waals surface area contributed by atoms with E-state index in [-0.39, 0.29) is 11.7 Å². The lowest BCUT2D eigenvalue weighted by Crippen LogP contribution is -2.45. The first-order chi connectivity index (χ1) is 21.6. The third kappa shape index (κ3) is 6.48. The second-order valence-electron chi connectivity index (χ2n) is 10.8. The summed E-state index contributed by atoms with van der Waals surface area (Å²) in [5.74, 6) is 0.526. The van der Waals surface area contributed by atoms with Crippen molar-refractivity contribution in [3.63, 3.8) is 0 Å². The lowest BCUT2D eigenvalue weighted by atomic mass is 10.1. The standard InChI is InChI=1S/C36H34N6O2/c1-44-30-15-12-28(13-16-30)36(43)40-35-32(23-37)34(38-24-26-8-4-2-5-9-26)31-22-29(14-17-33(31)39-35)42-20-18-41(19-21-42)25-27-10-6-3-7-11-27/h2-17,22H,18-21,24-25H2,1H3,(H2,38,39,40,43). The molecule has 1 amide bonds. The fourth-order valence-electron chi connectivity index (χ4n) is 5.55. The van der Waals surface area contributed by atoms with Gasteiger partial charge < -0.3 is 20.3 Å². The van der Waals surface area contributed by atoms with E-state index in [0.29, 0.717) is 34.6 Å². The van der Waals surface area contributed by atoms with Crippen LogP contribution in [0.1, 0.15) is 27.0 Å². The van der Waals surface area contributed by atoms with Crippen LogP contribution in [0.2, 0.25) is 0 Å². The third-order valence-electron chi connectivity index (χ3n) is 7.96. The van der Waals surface area contributed by atoms with Crippen molar-refractivity contribution in [3.8, 4) is 11.8 Å². The maximum atomic E-state index is 13.2. The molecule has 6 rings (SSSR count). The number of carbonyl (C=O) groups is 1. The number of benzene rings is 4. The third-order valence-corrected chi connectivity index (χ3v) is 7.96. The van der Waals surface area contributed by atoms with Gasteiger partial charge >= 0.3 is 0 Å². The molecule has 8 heteroatoms. The van der Waals surface area contributed by atoms with Crippen LogP contribution in [0.4, 0.5) is 17.2 Å². The summed E-state index contributed by atoms with van der Waals surface area (Å²) in [5, 5.41) is 17.6. The average molecular weight is 583 g/mol. The summed E-state index contributed by atoms with van der Waals surface area (Å²) in [6, 6.07) is 35.9. The highest BCUT2D eigenvalue weighted by atomic mass is 16.5. The van der Waals surface area contributed by atoms with E-state index in [9.17, 15) is 10.1 Å². The number of hydrogen-bond acceptors (Lipinski definition) is 7. The molecule has 5 aromatic rings. The number of hydrogen-bond donors (Lipinski definition) is 2. The minimum absolute atomic E-state index is 0.221. The summed E-state index contributed by atoms with van der Waals surface area (Å²) < 4.78 is 5.21. The molecule has 0 bridgehead atoms. The highest BCUT2D eigenvalue weighted by Crippen LogP contribution is 2.34. The highest BCUT2D eigenvalue weighted by molar-refractivity contribution is 6.07. The van der Waals surface area contributed by atoms with Crippen LogP contribution >= 0.6 is 0 Å². The Balaban J connectivity index is 1.29. The summed E-state index contributed by atoms with van der Waals surface area (Å²) in [4.78, 5) is 22.8. The van der Waals surface area contributed by atoms with Gasteiger partial charge in [0.25, 0.3) is 5.91 Å². The fourth-order valence-corrected chi connectivity index (χ4v) is 5.55. The van der Waals surface area contributed by atoms with E-state index in [1.165, 1.54) is 5.56 Å². The molecule has 0 radical (unpaired) electrons. The molecule has 2 N–H and O–H groups in total. The largest absolute Gasteiger partial charge is 0.497 e. The summed E-state index contributed by atoms with van der Waals surface area (Å²) in [7, 11) is 1.58. The number of aromatic nitrogens is 1. The van der Waals surface area contributed by atoms with E-state index < -0.39 is 0 Å². The fraction of sp³-hybridized carbons (Fsp3) is 0.194. The van der Waals surface area contributed by atoms with Crippen molar-refractivity contribution in [3.05, 3.63) is 125 Å². The molecule has 0 atom stereocenters. The number of nitrogens with one attached hydrogen (secondary N) is 2. The number of amides is 1. The Morgan fingerprint density at radius 1 is 0.886 bits per heavy atom. The molecule has 2 heterocycles. The molecule has 1 aliphatic rings. The Morgan fingerprint density at radius 3 is 2.23 bits per heavy atom. The van der Waals surface area contributed by atoms with Crippen molar-refractivity contribution in [1.82, 2.24) is 9.88 Å². The van der Waals surface area contributed by atoms with Crippen LogP contribution in [0.5, 0.6) is 5.75 Å². The predicted molar refractivity (Wildman–Crippen MR) is 175 cm³/mol. The quantitative estimate of drug-likeness (QED) is 0.211. The van der Waals surface area contributed by atoms with Crippen molar-refractivity contribution in [1.29, 1.82) is 5.26 Å². The van der Waals surface area contributed by atoms with E-state index in [1.54, 1.807) is 31.4 Å². The molecule has 4 aromatic carbocycles. The second kappa shape index (κ2) is 13.3. The SMILES string of the molecule is COc1ccc(C(=O)Nc2nc3ccc(N4CCN(Cc5ccccc5)CC4)cc3c(NCc3ccccc3)c2C#N)cc1. The van der Waals surface area contributed by atoms with Crippen LogP contribution in [0.3, 0.4) is 0 Å². The summed E-state index contributed by atoms with van der Waals surface area (Å²) >= 11 is 0. The van der Waals surface area contributed by atoms with Gasteiger partial charge in [-0.2, -0.15) is 5.26 Å². The lowest BCUT2D eigenvalue weighted by Gasteiger charge is -2.36. The molecule has 220 valence electrons. The van der Waals surface area contributed by atoms with Crippen LogP contribution in [0.15, 0.2) is 103 Å². The second-order valence-corrected chi connectivity index (χ2v) is 10.8. The Labute approximate surface area is 257 Å². The maximum Gasteiger partial charge on any atom is 0.256 e. The zero-order valence-electron chi connectivity index (χ0n) is 24.7. The van der Waals surface area contributed by atoms with Crippen LogP contribution < -0.4 is 20.3 Å². The molecule has 44 heavy (non-hydrogen) atoms. The molecule has 1 aromatic heterocycles. The molecule has 0 aliphatic carbocycles. The Hall–Kier alpha value is -5.39. The van der Waals surface area contributed by atoms with Crippen LogP contribution in [-0.4, -0.2) is 49.1 Å². The number of methoxy groups -OCH3 is 1. The molecular formula is C36H34N6O2. The number of anilines is 3. The molecule has 1 aliphatic heterocycles. The number of pyridine rings is 1.